The molecule has 0 aliphatic rings. The lowest BCUT2D eigenvalue weighted by Gasteiger charge is -2.19. The number of rotatable bonds is 8. The van der Waals surface area contributed by atoms with E-state index in [4.69, 9.17) is 16.3 Å². The average molecular weight is 530 g/mol. The molecule has 0 unspecified atom stereocenters. The van der Waals surface area contributed by atoms with Crippen molar-refractivity contribution >= 4 is 24.0 Å². The van der Waals surface area contributed by atoms with E-state index in [9.17, 15) is 18.7 Å². The first kappa shape index (κ1) is 27.8. The Labute approximate surface area is 217 Å². The largest absolute Gasteiger partial charge is 0.485 e. The summed E-state index contributed by atoms with van der Waals surface area (Å²) in [5.41, 5.74) is 0.950. The van der Waals surface area contributed by atoms with E-state index in [0.717, 1.165) is 6.20 Å². The highest BCUT2D eigenvalue weighted by molar-refractivity contribution is 6.31. The summed E-state index contributed by atoms with van der Waals surface area (Å²) in [5.74, 6) is -1.65. The van der Waals surface area contributed by atoms with Crippen LogP contribution in [0.15, 0.2) is 57.3 Å². The van der Waals surface area contributed by atoms with Crippen molar-refractivity contribution in [2.24, 2.45) is 9.98 Å². The van der Waals surface area contributed by atoms with Gasteiger partial charge < -0.3 is 9.84 Å². The standard InChI is InChI=1S/C26H26ClF2N5O3/c1-14-10-31-19(16(3)33-23(12-30-6)26(4,5)36)9-21(14)34-15(2)7-22(24(27)25(34)35)37-13-20-18(29)8-17(28)11-32-20/h7-12,36H,6,13H2,1-5H3/b23-12-,33-16?. The highest BCUT2D eigenvalue weighted by atomic mass is 35.5. The van der Waals surface area contributed by atoms with Crippen molar-refractivity contribution in [3.05, 3.63) is 92.1 Å². The number of aryl methyl sites for hydroxylation is 2. The summed E-state index contributed by atoms with van der Waals surface area (Å²) in [4.78, 5) is 29.5. The Kier molecular flexibility index (Phi) is 8.35. The molecule has 3 aromatic rings. The number of pyridine rings is 3. The minimum Gasteiger partial charge on any atom is -0.485 e. The summed E-state index contributed by atoms with van der Waals surface area (Å²) in [6.45, 7) is 11.4. The summed E-state index contributed by atoms with van der Waals surface area (Å²) in [5, 5.41) is 10.1. The molecule has 3 heterocycles. The second kappa shape index (κ2) is 11.1. The zero-order valence-electron chi connectivity index (χ0n) is 21.0. The maximum Gasteiger partial charge on any atom is 0.277 e. The molecular formula is C26H26ClF2N5O3. The predicted octanol–water partition coefficient (Wildman–Crippen LogP) is 4.88. The van der Waals surface area contributed by atoms with E-state index in [2.05, 4.69) is 26.7 Å². The van der Waals surface area contributed by atoms with Gasteiger partial charge in [0.1, 0.15) is 34.5 Å². The van der Waals surface area contributed by atoms with E-state index in [1.165, 1.54) is 16.8 Å². The average Bonchev–Trinajstić information content (AvgIpc) is 2.81. The fourth-order valence-electron chi connectivity index (χ4n) is 3.38. The van der Waals surface area contributed by atoms with Crippen molar-refractivity contribution in [1.29, 1.82) is 0 Å². The predicted molar refractivity (Wildman–Crippen MR) is 139 cm³/mol. The molecule has 0 spiro atoms. The van der Waals surface area contributed by atoms with Crippen LogP contribution in [0.25, 0.3) is 5.69 Å². The van der Waals surface area contributed by atoms with Crippen molar-refractivity contribution in [3.8, 4) is 11.4 Å². The lowest BCUT2D eigenvalue weighted by Crippen LogP contribution is -2.23. The Balaban J connectivity index is 2.01. The van der Waals surface area contributed by atoms with Crippen LogP contribution in [0.5, 0.6) is 5.75 Å². The van der Waals surface area contributed by atoms with Crippen molar-refractivity contribution < 1.29 is 18.6 Å². The number of ether oxygens (including phenoxy) is 1. The van der Waals surface area contributed by atoms with Gasteiger partial charge in [0.2, 0.25) is 0 Å². The maximum atomic E-state index is 13.9. The molecule has 0 bridgehead atoms. The van der Waals surface area contributed by atoms with Crippen LogP contribution in [0.4, 0.5) is 8.78 Å². The highest BCUT2D eigenvalue weighted by Crippen LogP contribution is 2.26. The lowest BCUT2D eigenvalue weighted by molar-refractivity contribution is 0.118. The quantitative estimate of drug-likeness (QED) is 0.419. The molecule has 0 saturated heterocycles. The van der Waals surface area contributed by atoms with E-state index < -0.39 is 22.8 Å². The molecule has 194 valence electrons. The molecule has 3 aromatic heterocycles. The van der Waals surface area contributed by atoms with Crippen LogP contribution >= 0.6 is 11.6 Å². The molecule has 11 heteroatoms. The van der Waals surface area contributed by atoms with E-state index in [0.29, 0.717) is 34.4 Å². The normalized spacial score (nSPS) is 12.6. The monoisotopic (exact) mass is 529 g/mol. The van der Waals surface area contributed by atoms with E-state index >= 15 is 0 Å². The highest BCUT2D eigenvalue weighted by Gasteiger charge is 2.21. The molecule has 0 amide bonds. The van der Waals surface area contributed by atoms with E-state index in [1.54, 1.807) is 46.9 Å². The van der Waals surface area contributed by atoms with E-state index in [1.807, 2.05) is 0 Å². The van der Waals surface area contributed by atoms with Gasteiger partial charge in [0.05, 0.1) is 35.2 Å². The molecule has 8 nitrogen and oxygen atoms in total. The number of halogens is 3. The van der Waals surface area contributed by atoms with Gasteiger partial charge in [-0.25, -0.2) is 8.78 Å². The van der Waals surface area contributed by atoms with Gasteiger partial charge in [-0.3, -0.25) is 29.3 Å². The van der Waals surface area contributed by atoms with Crippen LogP contribution < -0.4 is 10.3 Å². The minimum absolute atomic E-state index is 0.0347. The van der Waals surface area contributed by atoms with Gasteiger partial charge in [-0.1, -0.05) is 11.6 Å². The van der Waals surface area contributed by atoms with Gasteiger partial charge in [0.15, 0.2) is 5.82 Å². The third-order valence-electron chi connectivity index (χ3n) is 5.36. The molecule has 0 radical (unpaired) electrons. The summed E-state index contributed by atoms with van der Waals surface area (Å²) >= 11 is 6.34. The van der Waals surface area contributed by atoms with Gasteiger partial charge in [-0.2, -0.15) is 0 Å². The van der Waals surface area contributed by atoms with E-state index in [-0.39, 0.29) is 28.8 Å². The van der Waals surface area contributed by atoms with Gasteiger partial charge in [0.25, 0.3) is 5.56 Å². The molecule has 37 heavy (non-hydrogen) atoms. The van der Waals surface area contributed by atoms with Crippen LogP contribution in [0.3, 0.4) is 0 Å². The Hall–Kier alpha value is -3.76. The number of nitrogens with zero attached hydrogens (tertiary/aromatic N) is 5. The molecule has 0 aliphatic carbocycles. The zero-order valence-corrected chi connectivity index (χ0v) is 21.8. The Morgan fingerprint density at radius 2 is 1.95 bits per heavy atom. The van der Waals surface area contributed by atoms with Crippen LogP contribution in [-0.2, 0) is 6.61 Å². The number of hydrogen-bond donors (Lipinski definition) is 1. The van der Waals surface area contributed by atoms with Gasteiger partial charge in [-0.15, -0.1) is 0 Å². The van der Waals surface area contributed by atoms with Gasteiger partial charge in [0, 0.05) is 24.0 Å². The Morgan fingerprint density at radius 3 is 2.57 bits per heavy atom. The molecule has 0 aromatic carbocycles. The molecule has 0 aliphatic heterocycles. The summed E-state index contributed by atoms with van der Waals surface area (Å²) in [7, 11) is 0. The number of aromatic nitrogens is 3. The number of hydrogen-bond acceptors (Lipinski definition) is 7. The first-order chi connectivity index (χ1) is 17.3. The summed E-state index contributed by atoms with van der Waals surface area (Å²) in [6, 6.07) is 3.91. The van der Waals surface area contributed by atoms with Crippen LogP contribution in [0, 0.1) is 25.5 Å². The lowest BCUT2D eigenvalue weighted by atomic mass is 10.1. The second-order valence-electron chi connectivity index (χ2n) is 8.78. The smallest absolute Gasteiger partial charge is 0.277 e. The van der Waals surface area contributed by atoms with Crippen LogP contribution in [-0.4, -0.2) is 37.7 Å². The topological polar surface area (TPSA) is 102 Å². The molecule has 0 saturated carbocycles. The Morgan fingerprint density at radius 1 is 1.24 bits per heavy atom. The molecule has 0 fully saturated rings. The minimum atomic E-state index is -1.26. The second-order valence-corrected chi connectivity index (χ2v) is 9.16. The number of aliphatic hydroxyl groups is 1. The first-order valence-corrected chi connectivity index (χ1v) is 11.5. The van der Waals surface area contributed by atoms with Crippen LogP contribution in [0.1, 0.15) is 43.4 Å². The fourth-order valence-corrected chi connectivity index (χ4v) is 3.57. The molecule has 3 rings (SSSR count). The first-order valence-electron chi connectivity index (χ1n) is 11.1. The SMILES string of the molecule is C=N/C=C(\N=C(C)c1cc(-n2c(C)cc(OCc3ncc(F)cc3F)c(Cl)c2=O)c(C)cn1)C(C)(C)O. The maximum absolute atomic E-state index is 13.9. The molecular weight excluding hydrogens is 504 g/mol. The zero-order chi connectivity index (χ0) is 27.5. The van der Waals surface area contributed by atoms with Crippen molar-refractivity contribution in [2.45, 2.75) is 46.8 Å². The van der Waals surface area contributed by atoms with Crippen LogP contribution in [0.2, 0.25) is 5.02 Å². The molecule has 1 N–H and O–H groups in total. The summed E-state index contributed by atoms with van der Waals surface area (Å²) < 4.78 is 34.0. The number of aliphatic imine (C=N–C) groups is 2. The Bertz CT molecular complexity index is 1480. The third-order valence-corrected chi connectivity index (χ3v) is 5.71. The summed E-state index contributed by atoms with van der Waals surface area (Å²) in [6.07, 6.45) is 3.82. The van der Waals surface area contributed by atoms with Crippen molar-refractivity contribution in [1.82, 2.24) is 14.5 Å². The van der Waals surface area contributed by atoms with Crippen molar-refractivity contribution in [2.75, 3.05) is 0 Å². The van der Waals surface area contributed by atoms with Gasteiger partial charge in [-0.05, 0) is 53.0 Å². The third kappa shape index (κ3) is 6.33. The van der Waals surface area contributed by atoms with Gasteiger partial charge >= 0.3 is 0 Å². The van der Waals surface area contributed by atoms with Crippen molar-refractivity contribution in [3.63, 3.8) is 0 Å². The molecule has 0 atom stereocenters. The fraction of sp³-hybridized carbons (Fsp3) is 0.269.